The van der Waals surface area contributed by atoms with Crippen LogP contribution in [0, 0.1) is 0 Å². The summed E-state index contributed by atoms with van der Waals surface area (Å²) in [6.45, 7) is 5.07. The fourth-order valence-corrected chi connectivity index (χ4v) is 4.90. The smallest absolute Gasteiger partial charge is 0.332 e. The van der Waals surface area contributed by atoms with Gasteiger partial charge in [-0.25, -0.2) is 13.2 Å². The number of Topliss-reactive ketones (excluding diaryl/α,β-unsaturated/α-hetero) is 1. The number of nitrogens with two attached hydrogens (primary N) is 1. The Labute approximate surface area is 226 Å². The molecule has 1 unspecified atom stereocenters. The molecule has 3 aromatic rings. The van der Waals surface area contributed by atoms with Gasteiger partial charge in [0.05, 0.1) is 6.54 Å². The Bertz CT molecular complexity index is 1660. The number of fused-ring (bicyclic) bond motifs is 1. The Morgan fingerprint density at radius 2 is 1.97 bits per heavy atom. The summed E-state index contributed by atoms with van der Waals surface area (Å²) in [5.41, 5.74) is 6.62. The number of sulfone groups is 1. The number of piperidine rings is 1. The van der Waals surface area contributed by atoms with Gasteiger partial charge in [0.1, 0.15) is 5.75 Å². The number of ether oxygens (including phenoxy) is 1. The highest BCUT2D eigenvalue weighted by atomic mass is 32.2. The highest BCUT2D eigenvalue weighted by Crippen LogP contribution is 2.23. The van der Waals surface area contributed by atoms with E-state index in [1.807, 2.05) is 24.8 Å². The number of nitrogens with zero attached hydrogens (tertiary/aromatic N) is 5. The molecule has 0 aliphatic carbocycles. The maximum absolute atomic E-state index is 13.8. The number of hydrogen-bond donors (Lipinski definition) is 1. The van der Waals surface area contributed by atoms with Gasteiger partial charge in [0.15, 0.2) is 32.7 Å². The number of benzene rings is 1. The minimum Gasteiger partial charge on any atom is -0.478 e. The van der Waals surface area contributed by atoms with E-state index in [9.17, 15) is 22.8 Å². The highest BCUT2D eigenvalue weighted by molar-refractivity contribution is 7.90. The molecule has 0 bridgehead atoms. The van der Waals surface area contributed by atoms with E-state index in [1.54, 1.807) is 10.6 Å². The van der Waals surface area contributed by atoms with Gasteiger partial charge in [-0.05, 0) is 38.8 Å². The first-order chi connectivity index (χ1) is 18.4. The number of rotatable bonds is 9. The third kappa shape index (κ3) is 6.31. The van der Waals surface area contributed by atoms with Crippen molar-refractivity contribution >= 4 is 32.7 Å². The van der Waals surface area contributed by atoms with Gasteiger partial charge in [-0.3, -0.25) is 18.7 Å². The summed E-state index contributed by atoms with van der Waals surface area (Å²) in [4.78, 5) is 46.9. The van der Waals surface area contributed by atoms with Crippen LogP contribution in [0.3, 0.4) is 0 Å². The van der Waals surface area contributed by atoms with Crippen LogP contribution in [0.1, 0.15) is 37.0 Å². The molecule has 39 heavy (non-hydrogen) atoms. The first-order valence-electron chi connectivity index (χ1n) is 12.6. The molecule has 0 amide bonds. The maximum Gasteiger partial charge on any atom is 0.332 e. The van der Waals surface area contributed by atoms with Crippen LogP contribution in [-0.4, -0.2) is 64.2 Å². The number of carbonyl (C=O) groups excluding carboxylic acids is 1. The molecule has 0 saturated carbocycles. The lowest BCUT2D eigenvalue weighted by atomic mass is 10.1. The molecular weight excluding hydrogens is 524 g/mol. The first kappa shape index (κ1) is 28.3. The predicted octanol–water partition coefficient (Wildman–Crippen LogP) is 1.05. The fourth-order valence-electron chi connectivity index (χ4n) is 4.55. The second-order valence-corrected chi connectivity index (χ2v) is 12.3. The zero-order valence-corrected chi connectivity index (χ0v) is 23.4. The number of aryl methyl sites for hydroxylation is 1. The molecule has 13 heteroatoms. The lowest BCUT2D eigenvalue weighted by Crippen LogP contribution is -2.44. The molecule has 0 spiro atoms. The minimum absolute atomic E-state index is 0.0225. The molecule has 0 radical (unpaired) electrons. The Morgan fingerprint density at radius 1 is 1.23 bits per heavy atom. The van der Waals surface area contributed by atoms with Crippen molar-refractivity contribution in [2.75, 3.05) is 30.2 Å². The topological polar surface area (TPSA) is 152 Å². The van der Waals surface area contributed by atoms with Gasteiger partial charge in [-0.1, -0.05) is 23.8 Å². The lowest BCUT2D eigenvalue weighted by molar-refractivity contribution is 0.0968. The van der Waals surface area contributed by atoms with Crippen LogP contribution < -0.4 is 26.6 Å². The molecule has 1 aliphatic rings. The van der Waals surface area contributed by atoms with Gasteiger partial charge >= 0.3 is 5.69 Å². The third-order valence-electron chi connectivity index (χ3n) is 6.53. The molecule has 210 valence electrons. The molecule has 1 aliphatic heterocycles. The predicted molar refractivity (Wildman–Crippen MR) is 149 cm³/mol. The fraction of sp³-hybridized carbons (Fsp3) is 0.462. The first-order valence-corrected chi connectivity index (χ1v) is 14.7. The summed E-state index contributed by atoms with van der Waals surface area (Å²) in [5, 5.41) is 0. The zero-order chi connectivity index (χ0) is 28.5. The van der Waals surface area contributed by atoms with E-state index in [-0.39, 0.29) is 28.5 Å². The molecule has 1 aromatic carbocycles. The lowest BCUT2D eigenvalue weighted by Gasteiger charge is -2.31. The number of imidazole rings is 1. The van der Waals surface area contributed by atoms with Crippen LogP contribution in [0.5, 0.6) is 5.75 Å². The summed E-state index contributed by atoms with van der Waals surface area (Å²) >= 11 is 0. The highest BCUT2D eigenvalue weighted by Gasteiger charge is 2.26. The van der Waals surface area contributed by atoms with Crippen LogP contribution in [0.4, 0.5) is 5.95 Å². The van der Waals surface area contributed by atoms with Crippen molar-refractivity contribution in [2.45, 2.75) is 45.8 Å². The van der Waals surface area contributed by atoms with Gasteiger partial charge in [0.25, 0.3) is 5.56 Å². The molecule has 2 N–H and O–H groups in total. The van der Waals surface area contributed by atoms with E-state index in [1.165, 1.54) is 29.8 Å². The molecule has 1 saturated heterocycles. The molecule has 12 nitrogen and oxygen atoms in total. The third-order valence-corrected chi connectivity index (χ3v) is 7.08. The quantitative estimate of drug-likeness (QED) is 0.300. The van der Waals surface area contributed by atoms with Crippen LogP contribution in [0.15, 0.2) is 45.5 Å². The SMILES string of the molecule is CC(C)=CCn1c(N2CCCC(N)C2)nc2c1c(=O)n(CC(=O)c1cccc(OCS(C)(=O)=O)c1)c(=O)n2C. The molecule has 1 fully saturated rings. The van der Waals surface area contributed by atoms with E-state index < -0.39 is 39.4 Å². The Morgan fingerprint density at radius 3 is 2.64 bits per heavy atom. The second-order valence-electron chi connectivity index (χ2n) is 10.2. The van der Waals surface area contributed by atoms with Crippen LogP contribution in [0.25, 0.3) is 11.2 Å². The number of anilines is 1. The van der Waals surface area contributed by atoms with Crippen molar-refractivity contribution in [1.29, 1.82) is 0 Å². The number of carbonyl (C=O) groups is 1. The summed E-state index contributed by atoms with van der Waals surface area (Å²) in [5.74, 6) is -0.298. The van der Waals surface area contributed by atoms with Crippen molar-refractivity contribution in [1.82, 2.24) is 18.7 Å². The van der Waals surface area contributed by atoms with Crippen molar-refractivity contribution in [3.63, 3.8) is 0 Å². The Kier molecular flexibility index (Phi) is 8.12. The minimum atomic E-state index is -3.38. The van der Waals surface area contributed by atoms with Gasteiger partial charge in [-0.2, -0.15) is 4.98 Å². The molecule has 2 aromatic heterocycles. The average molecular weight is 559 g/mol. The Hall–Kier alpha value is -3.71. The van der Waals surface area contributed by atoms with E-state index in [4.69, 9.17) is 15.5 Å². The standard InChI is InChI=1S/C26H34N6O6S/c1-17(2)10-12-31-22-23(28-25(31)30-11-6-8-19(27)14-30)29(3)26(35)32(24(22)34)15-21(33)18-7-5-9-20(13-18)38-16-39(4,36)37/h5,7,9-10,13,19H,6,8,11-12,14-16,27H2,1-4H3. The maximum atomic E-state index is 13.8. The molecular formula is C26H34N6O6S. The van der Waals surface area contributed by atoms with Gasteiger partial charge in [0, 0.05) is 44.5 Å². The normalized spacial score (nSPS) is 15.9. The largest absolute Gasteiger partial charge is 0.478 e. The second kappa shape index (κ2) is 11.2. The Balaban J connectivity index is 1.77. The molecule has 3 heterocycles. The summed E-state index contributed by atoms with van der Waals surface area (Å²) in [7, 11) is -1.86. The van der Waals surface area contributed by atoms with Crippen LogP contribution in [-0.2, 0) is 30.0 Å². The van der Waals surface area contributed by atoms with E-state index in [0.29, 0.717) is 19.0 Å². The van der Waals surface area contributed by atoms with Crippen molar-refractivity contribution in [3.8, 4) is 5.75 Å². The van der Waals surface area contributed by atoms with E-state index >= 15 is 0 Å². The van der Waals surface area contributed by atoms with Gasteiger partial charge in [0.2, 0.25) is 5.95 Å². The molecule has 1 atom stereocenters. The number of allylic oxidation sites excluding steroid dienone is 2. The average Bonchev–Trinajstić information content (AvgIpc) is 3.27. The number of hydrogen-bond acceptors (Lipinski definition) is 9. The van der Waals surface area contributed by atoms with E-state index in [2.05, 4.69) is 0 Å². The van der Waals surface area contributed by atoms with Crippen LogP contribution in [0.2, 0.25) is 0 Å². The number of aromatic nitrogens is 4. The van der Waals surface area contributed by atoms with Crippen molar-refractivity contribution in [2.24, 2.45) is 12.8 Å². The summed E-state index contributed by atoms with van der Waals surface area (Å²) < 4.78 is 32.1. The monoisotopic (exact) mass is 558 g/mol. The van der Waals surface area contributed by atoms with Crippen molar-refractivity contribution < 1.29 is 17.9 Å². The molecule has 4 rings (SSSR count). The van der Waals surface area contributed by atoms with Crippen LogP contribution >= 0.6 is 0 Å². The van der Waals surface area contributed by atoms with Gasteiger partial charge in [-0.15, -0.1) is 0 Å². The zero-order valence-electron chi connectivity index (χ0n) is 22.6. The summed E-state index contributed by atoms with van der Waals surface area (Å²) in [6, 6.07) is 5.94. The number of ketones is 1. The van der Waals surface area contributed by atoms with E-state index in [0.717, 1.165) is 35.8 Å². The van der Waals surface area contributed by atoms with Gasteiger partial charge < -0.3 is 19.9 Å². The van der Waals surface area contributed by atoms with Crippen molar-refractivity contribution in [3.05, 3.63) is 62.3 Å². The summed E-state index contributed by atoms with van der Waals surface area (Å²) in [6.07, 6.45) is 4.79.